The van der Waals surface area contributed by atoms with E-state index in [2.05, 4.69) is 26.8 Å². The maximum Gasteiger partial charge on any atom is 0.144 e. The number of halogens is 1. The molecule has 26 heavy (non-hydrogen) atoms. The molecule has 1 aliphatic heterocycles. The maximum atomic E-state index is 6.23. The number of rotatable bonds is 8. The van der Waals surface area contributed by atoms with E-state index in [0.717, 1.165) is 32.7 Å². The van der Waals surface area contributed by atoms with Crippen molar-refractivity contribution in [3.63, 3.8) is 0 Å². The van der Waals surface area contributed by atoms with Gasteiger partial charge in [0, 0.05) is 52.0 Å². The van der Waals surface area contributed by atoms with Crippen LogP contribution in [-0.2, 0) is 4.74 Å². The summed E-state index contributed by atoms with van der Waals surface area (Å²) in [5, 5.41) is 1.06. The second kappa shape index (κ2) is 9.32. The molecule has 0 aliphatic carbocycles. The lowest BCUT2D eigenvalue weighted by molar-refractivity contribution is 0.133. The second-order valence-corrected chi connectivity index (χ2v) is 6.67. The first-order valence-corrected chi connectivity index (χ1v) is 9.15. The number of ether oxygens (including phenoxy) is 3. The molecule has 2 heterocycles. The molecule has 0 unspecified atom stereocenters. The maximum absolute atomic E-state index is 6.23. The highest BCUT2D eigenvalue weighted by molar-refractivity contribution is 6.34. The van der Waals surface area contributed by atoms with Gasteiger partial charge in [0.05, 0.1) is 17.5 Å². The molecule has 0 radical (unpaired) electrons. The largest absolute Gasteiger partial charge is 0.492 e. The molecule has 2 aromatic rings. The van der Waals surface area contributed by atoms with Crippen LogP contribution in [0, 0.1) is 0 Å². The molecule has 1 saturated heterocycles. The molecular formula is C18H25ClN4O3. The summed E-state index contributed by atoms with van der Waals surface area (Å²) in [6.07, 6.45) is 1.44. The van der Waals surface area contributed by atoms with Crippen LogP contribution in [0.3, 0.4) is 0 Å². The van der Waals surface area contributed by atoms with Gasteiger partial charge in [-0.15, -0.1) is 0 Å². The lowest BCUT2D eigenvalue weighted by Gasteiger charge is -2.32. The zero-order valence-electron chi connectivity index (χ0n) is 15.3. The van der Waals surface area contributed by atoms with Gasteiger partial charge in [0.2, 0.25) is 0 Å². The van der Waals surface area contributed by atoms with E-state index in [4.69, 9.17) is 25.8 Å². The molecule has 1 aliphatic rings. The van der Waals surface area contributed by atoms with Crippen molar-refractivity contribution in [1.29, 1.82) is 0 Å². The van der Waals surface area contributed by atoms with Crippen LogP contribution < -0.4 is 9.47 Å². The first-order chi connectivity index (χ1) is 12.7. The number of piperazine rings is 1. The van der Waals surface area contributed by atoms with Gasteiger partial charge >= 0.3 is 0 Å². The zero-order valence-corrected chi connectivity index (χ0v) is 16.0. The molecule has 1 aromatic heterocycles. The Bertz CT molecular complexity index is 723. The molecule has 1 aromatic carbocycles. The molecule has 142 valence electrons. The van der Waals surface area contributed by atoms with Crippen LogP contribution in [0.25, 0.3) is 10.9 Å². The number of aromatic nitrogens is 2. The minimum Gasteiger partial charge on any atom is -0.492 e. The van der Waals surface area contributed by atoms with E-state index in [1.807, 2.05) is 12.1 Å². The Morgan fingerprint density at radius 3 is 2.62 bits per heavy atom. The van der Waals surface area contributed by atoms with Gasteiger partial charge in [0.15, 0.2) is 0 Å². The van der Waals surface area contributed by atoms with Crippen molar-refractivity contribution in [2.24, 2.45) is 0 Å². The van der Waals surface area contributed by atoms with Gasteiger partial charge in [-0.1, -0.05) is 11.6 Å². The smallest absolute Gasteiger partial charge is 0.144 e. The van der Waals surface area contributed by atoms with Crippen LogP contribution >= 0.6 is 11.6 Å². The normalized spacial score (nSPS) is 16.1. The summed E-state index contributed by atoms with van der Waals surface area (Å²) in [6.45, 7) is 6.77. The fraction of sp³-hybridized carbons (Fsp3) is 0.556. The molecular weight excluding hydrogens is 356 g/mol. The zero-order chi connectivity index (χ0) is 18.4. The Kier molecular flexibility index (Phi) is 6.85. The van der Waals surface area contributed by atoms with Crippen molar-refractivity contribution in [3.05, 3.63) is 23.6 Å². The van der Waals surface area contributed by atoms with E-state index >= 15 is 0 Å². The van der Waals surface area contributed by atoms with E-state index < -0.39 is 0 Å². The summed E-state index contributed by atoms with van der Waals surface area (Å²) in [5.74, 6) is 1.33. The topological polar surface area (TPSA) is 60.0 Å². The average Bonchev–Trinajstić information content (AvgIpc) is 2.63. The lowest BCUT2D eigenvalue weighted by atomic mass is 10.2. The van der Waals surface area contributed by atoms with Crippen molar-refractivity contribution in [2.75, 3.05) is 66.7 Å². The SMILES string of the molecule is COCCOc1cc(OCCN2CCN(C)CC2)cc2ncnc(Cl)c12. The van der Waals surface area contributed by atoms with E-state index in [0.29, 0.717) is 47.4 Å². The summed E-state index contributed by atoms with van der Waals surface area (Å²) in [4.78, 5) is 13.1. The van der Waals surface area contributed by atoms with E-state index in [-0.39, 0.29) is 0 Å². The number of nitrogens with zero attached hydrogens (tertiary/aromatic N) is 4. The predicted molar refractivity (Wildman–Crippen MR) is 101 cm³/mol. The summed E-state index contributed by atoms with van der Waals surface area (Å²) in [5.41, 5.74) is 0.703. The Labute approximate surface area is 158 Å². The number of likely N-dealkylation sites (N-methyl/N-ethyl adjacent to an activating group) is 1. The van der Waals surface area contributed by atoms with E-state index in [9.17, 15) is 0 Å². The summed E-state index contributed by atoms with van der Waals surface area (Å²) in [7, 11) is 3.79. The highest BCUT2D eigenvalue weighted by Gasteiger charge is 2.15. The van der Waals surface area contributed by atoms with Crippen molar-refractivity contribution >= 4 is 22.5 Å². The minimum atomic E-state index is 0.367. The molecule has 0 N–H and O–H groups in total. The fourth-order valence-corrected chi connectivity index (χ4v) is 3.12. The third-order valence-corrected chi connectivity index (χ3v) is 4.73. The van der Waals surface area contributed by atoms with Crippen molar-refractivity contribution in [3.8, 4) is 11.5 Å². The first-order valence-electron chi connectivity index (χ1n) is 8.77. The quantitative estimate of drug-likeness (QED) is 0.512. The number of fused-ring (bicyclic) bond motifs is 1. The number of hydrogen-bond acceptors (Lipinski definition) is 7. The van der Waals surface area contributed by atoms with Gasteiger partial charge in [-0.05, 0) is 7.05 Å². The summed E-state index contributed by atoms with van der Waals surface area (Å²) in [6, 6.07) is 3.72. The van der Waals surface area contributed by atoms with E-state index in [1.165, 1.54) is 6.33 Å². The number of hydrogen-bond donors (Lipinski definition) is 0. The van der Waals surface area contributed by atoms with Gasteiger partial charge in [-0.25, -0.2) is 9.97 Å². The molecule has 0 saturated carbocycles. The van der Waals surface area contributed by atoms with Crippen LogP contribution in [0.4, 0.5) is 0 Å². The third kappa shape index (κ3) is 4.94. The van der Waals surface area contributed by atoms with Crippen molar-refractivity contribution in [2.45, 2.75) is 0 Å². The molecule has 1 fully saturated rings. The van der Waals surface area contributed by atoms with Crippen molar-refractivity contribution < 1.29 is 14.2 Å². The monoisotopic (exact) mass is 380 g/mol. The Morgan fingerprint density at radius 2 is 1.85 bits per heavy atom. The van der Waals surface area contributed by atoms with Crippen molar-refractivity contribution in [1.82, 2.24) is 19.8 Å². The molecule has 0 bridgehead atoms. The van der Waals surface area contributed by atoms with Crippen LogP contribution in [-0.4, -0.2) is 86.5 Å². The average molecular weight is 381 g/mol. The van der Waals surface area contributed by atoms with Gasteiger partial charge < -0.3 is 19.1 Å². The third-order valence-electron chi connectivity index (χ3n) is 4.45. The van der Waals surface area contributed by atoms with E-state index in [1.54, 1.807) is 7.11 Å². The molecule has 7 nitrogen and oxygen atoms in total. The highest BCUT2D eigenvalue weighted by Crippen LogP contribution is 2.34. The summed E-state index contributed by atoms with van der Waals surface area (Å²) < 4.78 is 16.8. The second-order valence-electron chi connectivity index (χ2n) is 6.31. The lowest BCUT2D eigenvalue weighted by Crippen LogP contribution is -2.45. The Hall–Kier alpha value is -1.67. The van der Waals surface area contributed by atoms with Gasteiger partial charge in [-0.3, -0.25) is 4.90 Å². The van der Waals surface area contributed by atoms with Gasteiger partial charge in [-0.2, -0.15) is 0 Å². The highest BCUT2D eigenvalue weighted by atomic mass is 35.5. The predicted octanol–water partition coefficient (Wildman–Crippen LogP) is 1.93. The minimum absolute atomic E-state index is 0.367. The molecule has 0 spiro atoms. The van der Waals surface area contributed by atoms with Crippen LogP contribution in [0.5, 0.6) is 11.5 Å². The molecule has 0 atom stereocenters. The molecule has 0 amide bonds. The fourth-order valence-electron chi connectivity index (χ4n) is 2.89. The number of methoxy groups -OCH3 is 1. The number of benzene rings is 1. The summed E-state index contributed by atoms with van der Waals surface area (Å²) >= 11 is 6.23. The van der Waals surface area contributed by atoms with Crippen LogP contribution in [0.2, 0.25) is 5.15 Å². The standard InChI is InChI=1S/C18H25ClN4O3/c1-22-3-5-23(6-4-22)7-8-25-14-11-15-17(18(19)21-13-20-15)16(12-14)26-10-9-24-2/h11-13H,3-10H2,1-2H3. The molecule has 3 rings (SSSR count). The molecule has 8 heteroatoms. The van der Waals surface area contributed by atoms with Gasteiger partial charge in [0.1, 0.15) is 36.2 Å². The Balaban J connectivity index is 1.67. The van der Waals surface area contributed by atoms with Gasteiger partial charge in [0.25, 0.3) is 0 Å². The van der Waals surface area contributed by atoms with Crippen LogP contribution in [0.1, 0.15) is 0 Å². The Morgan fingerprint density at radius 1 is 1.04 bits per heavy atom. The first kappa shape index (κ1) is 19.1. The van der Waals surface area contributed by atoms with Crippen LogP contribution in [0.15, 0.2) is 18.5 Å².